The van der Waals surface area contributed by atoms with Gasteiger partial charge < -0.3 is 62.1 Å². The van der Waals surface area contributed by atoms with Crippen molar-refractivity contribution in [2.45, 2.75) is 44.2 Å². The fraction of sp³-hybridized carbons (Fsp3) is 0.582. The SMILES string of the molecule is O=C(O)CN1CCN(CC(=O)O)CCN(C(CCc2ccc(NC(=S)NCCC(=O)N(O)CCNC(=S)Nc3ccc(CCC(C(=O)O)N4CCN(CC(=O)O)CCN(CC(=O)O)CCN(CC(=O)O)CC4)cc3)cc2)C(=O)O)CCN(CC(=O)O)CC1.[Gd+3].[Gd+3]. The Labute approximate surface area is 596 Å². The van der Waals surface area contributed by atoms with Crippen molar-refractivity contribution in [2.24, 2.45) is 0 Å². The largest absolute Gasteiger partial charge is 3.00 e. The fourth-order valence-electron chi connectivity index (χ4n) is 10.0. The van der Waals surface area contributed by atoms with E-state index in [1.807, 2.05) is 0 Å². The third-order valence-electron chi connectivity index (χ3n) is 14.7. The first-order valence-corrected chi connectivity index (χ1v) is 29.5. The molecule has 90 heavy (non-hydrogen) atoms. The molecule has 2 aliphatic heterocycles. The predicted molar refractivity (Wildman–Crippen MR) is 327 cm³/mol. The Morgan fingerprint density at radius 3 is 0.922 bits per heavy atom. The van der Waals surface area contributed by atoms with Gasteiger partial charge in [-0.2, -0.15) is 0 Å². The molecule has 2 aliphatic rings. The first kappa shape index (κ1) is 81.4. The number of benzene rings is 2. The molecule has 31 nitrogen and oxygen atoms in total. The van der Waals surface area contributed by atoms with Crippen LogP contribution in [0.3, 0.4) is 0 Å². The molecule has 2 aromatic carbocycles. The summed E-state index contributed by atoms with van der Waals surface area (Å²) >= 11 is 10.8. The number of hydroxylamine groups is 2. The van der Waals surface area contributed by atoms with Gasteiger partial charge in [-0.3, -0.25) is 87.6 Å². The normalized spacial score (nSPS) is 16.9. The number of carboxylic acid groups (broad SMARTS) is 8. The second-order valence-corrected chi connectivity index (χ2v) is 22.1. The molecule has 13 N–H and O–H groups in total. The zero-order chi connectivity index (χ0) is 64.7. The quantitative estimate of drug-likeness (QED) is 0.0235. The number of carboxylic acids is 8. The van der Waals surface area contributed by atoms with Gasteiger partial charge in [-0.1, -0.05) is 24.3 Å². The predicted octanol–water partition coefficient (Wildman–Crippen LogP) is -1.71. The van der Waals surface area contributed by atoms with Crippen molar-refractivity contribution >= 4 is 99.7 Å². The number of carbonyl (C=O) groups excluding carboxylic acids is 1. The van der Waals surface area contributed by atoms with Crippen molar-refractivity contribution in [2.75, 3.05) is 174 Å². The molecule has 498 valence electrons. The maximum absolute atomic E-state index is 12.8. The van der Waals surface area contributed by atoms with Crippen molar-refractivity contribution in [3.63, 3.8) is 0 Å². The van der Waals surface area contributed by atoms with Crippen molar-refractivity contribution in [1.82, 2.24) is 54.9 Å². The van der Waals surface area contributed by atoms with Gasteiger partial charge in [0.1, 0.15) is 12.1 Å². The monoisotopic (exact) mass is 1590 g/mol. The van der Waals surface area contributed by atoms with E-state index in [9.17, 15) is 89.2 Å². The summed E-state index contributed by atoms with van der Waals surface area (Å²) in [4.78, 5) is 121. The molecule has 0 aliphatic carbocycles. The molecule has 2 unspecified atom stereocenters. The fourth-order valence-corrected chi connectivity index (χ4v) is 10.5. The van der Waals surface area contributed by atoms with E-state index >= 15 is 0 Å². The first-order chi connectivity index (χ1) is 41.8. The number of rotatable bonds is 30. The molecule has 1 amide bonds. The van der Waals surface area contributed by atoms with Crippen LogP contribution in [-0.4, -0.2) is 330 Å². The Bertz CT molecular complexity index is 2600. The Morgan fingerprint density at radius 2 is 0.667 bits per heavy atom. The molecule has 2 aromatic rings. The molecule has 0 bridgehead atoms. The molecule has 0 spiro atoms. The van der Waals surface area contributed by atoms with Crippen LogP contribution in [0.25, 0.3) is 0 Å². The van der Waals surface area contributed by atoms with Crippen LogP contribution in [0.15, 0.2) is 48.5 Å². The number of nitrogens with one attached hydrogen (secondary N) is 4. The van der Waals surface area contributed by atoms with Gasteiger partial charge >= 0.3 is 128 Å². The van der Waals surface area contributed by atoms with E-state index in [-0.39, 0.29) is 273 Å². The summed E-state index contributed by atoms with van der Waals surface area (Å²) in [5.41, 5.74) is 2.81. The minimum atomic E-state index is -1.10. The Kier molecular flexibility index (Phi) is 39.8. The van der Waals surface area contributed by atoms with Gasteiger partial charge in [0.25, 0.3) is 0 Å². The van der Waals surface area contributed by atoms with Gasteiger partial charge in [0, 0.05) is 136 Å². The minimum Gasteiger partial charge on any atom is -0.480 e. The third-order valence-corrected chi connectivity index (χ3v) is 15.2. The standard InChI is InChI=1S/C55H83N13O18S2.2Gd/c69-45(13-14-56-54(87)58-41-7-1-39(2-8-41)5-11-43(52(82)83)66-29-25-62(35-48(74)75)21-17-60(33-46(70)71)18-22-63(26-30-66)36-49(76)77)68(86)16-15-57-55(88)59-42-9-3-40(4-10-42)6-12-44(53(84)85)67-31-27-64(37-50(78)79)23-19-61(34-47(72)73)20-24-65(28-32-67)38-51(80)81;;/h1-4,7-10,43-44,86H,5-6,11-38H2,(H,70,71)(H,72,73)(H,74,75)(H,76,77)(H,78,79)(H,80,81)(H,82,83)(H,84,85)(H2,56,58,87)(H2,57,59,88);;/q;2*+3. The van der Waals surface area contributed by atoms with Gasteiger partial charge in [-0.05, 0) is 85.5 Å². The summed E-state index contributed by atoms with van der Waals surface area (Å²) in [6.45, 7) is 1.00. The zero-order valence-corrected chi connectivity index (χ0v) is 55.9. The van der Waals surface area contributed by atoms with Crippen molar-refractivity contribution in [3.05, 3.63) is 59.7 Å². The molecule has 35 heteroatoms. The van der Waals surface area contributed by atoms with Crippen molar-refractivity contribution < 1.29 is 169 Å². The minimum absolute atomic E-state index is 0. The van der Waals surface area contributed by atoms with Crippen LogP contribution in [0, 0.1) is 79.9 Å². The maximum Gasteiger partial charge on any atom is 3.00 e. The van der Waals surface area contributed by atoms with Gasteiger partial charge in [0.15, 0.2) is 10.2 Å². The third kappa shape index (κ3) is 33.8. The number of thiocarbonyl (C=S) groups is 2. The molecule has 0 aromatic heterocycles. The van der Waals surface area contributed by atoms with E-state index in [1.165, 1.54) is 0 Å². The van der Waals surface area contributed by atoms with E-state index in [1.54, 1.807) is 87.7 Å². The summed E-state index contributed by atoms with van der Waals surface area (Å²) in [5, 5.41) is 101. The number of hydrogen-bond donors (Lipinski definition) is 13. The van der Waals surface area contributed by atoms with Crippen LogP contribution in [0.5, 0.6) is 0 Å². The van der Waals surface area contributed by atoms with E-state index < -0.39 is 65.7 Å². The molecule has 2 heterocycles. The van der Waals surface area contributed by atoms with Crippen LogP contribution in [0.1, 0.15) is 30.4 Å². The van der Waals surface area contributed by atoms with Gasteiger partial charge in [-0.25, -0.2) is 5.06 Å². The number of aliphatic carboxylic acids is 8. The summed E-state index contributed by atoms with van der Waals surface area (Å²) in [6.07, 6.45) is 0.922. The van der Waals surface area contributed by atoms with Crippen LogP contribution in [-0.2, 0) is 56.0 Å². The van der Waals surface area contributed by atoms with E-state index in [4.69, 9.17) is 24.4 Å². The van der Waals surface area contributed by atoms with Crippen molar-refractivity contribution in [1.29, 1.82) is 0 Å². The summed E-state index contributed by atoms with van der Waals surface area (Å²) < 4.78 is 0. The summed E-state index contributed by atoms with van der Waals surface area (Å²) in [7, 11) is 0. The van der Waals surface area contributed by atoms with Gasteiger partial charge in [0.2, 0.25) is 5.91 Å². The number of nitrogens with zero attached hydrogens (tertiary/aromatic N) is 9. The van der Waals surface area contributed by atoms with Crippen LogP contribution >= 0.6 is 24.4 Å². The number of amides is 1. The molecule has 2 radical (unpaired) electrons. The summed E-state index contributed by atoms with van der Waals surface area (Å²) in [5.74, 6) is -9.32. The van der Waals surface area contributed by atoms with E-state index in [2.05, 4.69) is 21.3 Å². The van der Waals surface area contributed by atoms with Crippen LogP contribution in [0.4, 0.5) is 11.4 Å². The van der Waals surface area contributed by atoms with Gasteiger partial charge in [0.05, 0.1) is 45.8 Å². The molecule has 2 atom stereocenters. The smallest absolute Gasteiger partial charge is 0.480 e. The van der Waals surface area contributed by atoms with Crippen LogP contribution in [0.2, 0.25) is 0 Å². The Hall–Kier alpha value is -4.66. The first-order valence-electron chi connectivity index (χ1n) is 28.7. The second-order valence-electron chi connectivity index (χ2n) is 21.3. The number of hydrogen-bond acceptors (Lipinski definition) is 20. The number of carbonyl (C=O) groups is 9. The number of aryl methyl sites for hydroxylation is 2. The molecule has 4 rings (SSSR count). The number of anilines is 2. The van der Waals surface area contributed by atoms with Crippen LogP contribution < -0.4 is 21.3 Å². The maximum atomic E-state index is 12.8. The molecular formula is C55H83Gd2N13O18S2+6. The Balaban J connectivity index is 0.0000138. The molecule has 2 fully saturated rings. The average Bonchev–Trinajstić information content (AvgIpc) is 1.83. The van der Waals surface area contributed by atoms with E-state index in [0.29, 0.717) is 29.3 Å². The Morgan fingerprint density at radius 1 is 0.411 bits per heavy atom. The average molecular weight is 1590 g/mol. The molecular weight excluding hydrogens is 1510 g/mol. The summed E-state index contributed by atoms with van der Waals surface area (Å²) in [6, 6.07) is 12.2. The molecule has 2 saturated heterocycles. The second kappa shape index (κ2) is 44.0. The topological polar surface area (TPSA) is 413 Å². The van der Waals surface area contributed by atoms with E-state index in [0.717, 1.165) is 11.1 Å². The zero-order valence-electron chi connectivity index (χ0n) is 49.7. The van der Waals surface area contributed by atoms with Gasteiger partial charge in [-0.15, -0.1) is 0 Å². The molecule has 0 saturated carbocycles. The van der Waals surface area contributed by atoms with Crippen molar-refractivity contribution in [3.8, 4) is 0 Å².